The van der Waals surface area contributed by atoms with Crippen LogP contribution in [0, 0.1) is 53.3 Å². The van der Waals surface area contributed by atoms with Crippen LogP contribution in [0.5, 0.6) is 0 Å². The number of cyclic esters (lactones) is 1. The molecule has 1 rings (SSSR count). The first-order chi connectivity index (χ1) is 58.3. The van der Waals surface area contributed by atoms with E-state index in [1.165, 1.54) is 27.7 Å². The lowest BCUT2D eigenvalue weighted by Crippen LogP contribution is -2.62. The first-order valence-corrected chi connectivity index (χ1v) is 43.7. The minimum atomic E-state index is -2.08. The number of unbranched alkanes of at least 4 members (excludes halogenated alkanes) is 4. The molecule has 0 aromatic carbocycles. The van der Waals surface area contributed by atoms with E-state index in [4.69, 9.17) is 21.9 Å². The van der Waals surface area contributed by atoms with Gasteiger partial charge in [0.2, 0.25) is 100 Å². The molecular formula is C84H147N18O23+. The van der Waals surface area contributed by atoms with Crippen LogP contribution in [0.1, 0.15) is 259 Å². The van der Waals surface area contributed by atoms with Gasteiger partial charge in [0.1, 0.15) is 85.2 Å². The highest BCUT2D eigenvalue weighted by atomic mass is 16.5. The molecule has 125 heavy (non-hydrogen) atoms. The number of aliphatic carboxylic acids is 1. The Balaban J connectivity index is 4.14. The highest BCUT2D eigenvalue weighted by Crippen LogP contribution is 2.19. The summed E-state index contributed by atoms with van der Waals surface area (Å²) in [5.74, 6) is -25.3. The van der Waals surface area contributed by atoms with Crippen LogP contribution >= 0.6 is 0 Å². The molecule has 18 amide bonds. The molecule has 15 unspecified atom stereocenters. The Bertz CT molecular complexity index is 3630. The maximum absolute atomic E-state index is 15.1. The lowest BCUT2D eigenvalue weighted by Gasteiger charge is -2.30. The number of ether oxygens (including phenoxy) is 1. The van der Waals surface area contributed by atoms with Gasteiger partial charge >= 0.3 is 17.8 Å². The maximum atomic E-state index is 15.1. The number of hydrogen-bond donors (Lipinski definition) is 20. The number of rotatable bonds is 50. The molecule has 41 nitrogen and oxygen atoms in total. The Morgan fingerprint density at radius 2 is 0.848 bits per heavy atom. The predicted octanol–water partition coefficient (Wildman–Crippen LogP) is -1.90. The van der Waals surface area contributed by atoms with E-state index in [2.05, 4.69) is 87.1 Å². The van der Waals surface area contributed by atoms with Crippen molar-refractivity contribution in [3.63, 3.8) is 0 Å². The Morgan fingerprint density at radius 3 is 1.31 bits per heavy atom. The van der Waals surface area contributed by atoms with E-state index in [1.54, 1.807) is 83.1 Å². The van der Waals surface area contributed by atoms with Crippen LogP contribution in [0.2, 0.25) is 0 Å². The molecule has 1 aliphatic heterocycles. The molecule has 0 saturated carbocycles. The Morgan fingerprint density at radius 1 is 0.432 bits per heavy atom. The molecule has 1 aliphatic rings. The lowest BCUT2D eigenvalue weighted by molar-refractivity contribution is -0.306. The first kappa shape index (κ1) is 113. The fourth-order valence-corrected chi connectivity index (χ4v) is 13.5. The zero-order valence-corrected chi connectivity index (χ0v) is 76.2. The standard InChI is InChI=1S/C84H146N18O23/c1-18-19-20-21-22-23-51(103)39-66(108)90-56(34-42(2)3)76(116)91-52(28-33-67(109)110)72(112)89-40-50(24-29-62(85)104)71(111)100-68(47(12)13)81(121)96-58(36-44(6)7)79(119)94-55(27-32-65(88)107)75(115)99-61-41-125-84(124)60(38-46(10)11)98-74(114)54(26-31-64(87)106)93-77(117)57(35-43(4)5)95-73(113)53(25-30-63(86)105)92-78(118)59(37-45(8)9)97-82(122)69(48(14)15)102-83(123)70(49(16)17)101-80(61)120/h42-61,68-70,103H,18-41H2,1-17H3,(H2,85,104)(H2,86,105)(H2,87,106)(H2,88,107)(H,89,112)(H,90,108)(H,91,116)(H,92,118)(H,93,117)(H,94,119)(H,95,113)(H,96,121)(H,97,122)(H,98,114)(H,99,115)(H,100,111)(H,101,120)(H,102,123)(H,109,110)/p+1. The number of esters is 1. The summed E-state index contributed by atoms with van der Waals surface area (Å²) in [7, 11) is 0. The summed E-state index contributed by atoms with van der Waals surface area (Å²) in [6, 6.07) is -20.7. The van der Waals surface area contributed by atoms with Crippen molar-refractivity contribution in [3.05, 3.63) is 0 Å². The largest absolute Gasteiger partial charge is 0.481 e. The number of carboxylic acids is 1. The second-order valence-corrected chi connectivity index (χ2v) is 35.7. The van der Waals surface area contributed by atoms with Gasteiger partial charge in [0, 0.05) is 32.2 Å². The van der Waals surface area contributed by atoms with Crippen LogP contribution in [0.4, 0.5) is 0 Å². The second kappa shape index (κ2) is 57.9. The monoisotopic (exact) mass is 1780 g/mol. The van der Waals surface area contributed by atoms with Crippen molar-refractivity contribution in [1.82, 2.24) is 74.4 Å². The number of carbonyl (C=O) groups excluding carboxylic acids is 19. The van der Waals surface area contributed by atoms with Crippen LogP contribution < -0.4 is 97.4 Å². The van der Waals surface area contributed by atoms with Crippen LogP contribution in [0.25, 0.3) is 0 Å². The number of aliphatic hydroxyl groups is 1. The zero-order chi connectivity index (χ0) is 95.4. The van der Waals surface area contributed by atoms with Crippen LogP contribution in [-0.4, -0.2) is 226 Å². The lowest BCUT2D eigenvalue weighted by atomic mass is 9.97. The molecule has 0 aromatic heterocycles. The van der Waals surface area contributed by atoms with Gasteiger partial charge in [0.15, 0.2) is 0 Å². The average molecular weight is 1780 g/mol. The third kappa shape index (κ3) is 45.8. The molecule has 0 radical (unpaired) electrons. The van der Waals surface area contributed by atoms with E-state index in [9.17, 15) is 96.5 Å². The van der Waals surface area contributed by atoms with Crippen LogP contribution in [0.15, 0.2) is 0 Å². The summed E-state index contributed by atoms with van der Waals surface area (Å²) >= 11 is 0. The molecule has 15 atom stereocenters. The summed E-state index contributed by atoms with van der Waals surface area (Å²) in [5.41, 5.74) is 20.1. The fraction of sp³-hybridized carbons (Fsp3) is 0.762. The zero-order valence-electron chi connectivity index (χ0n) is 76.2. The molecule has 41 heteroatoms. The van der Waals surface area contributed by atoms with E-state index in [0.717, 1.165) is 25.7 Å². The predicted molar refractivity (Wildman–Crippen MR) is 458 cm³/mol. The number of nitrogens with one attached hydrogen (secondary N) is 14. The van der Waals surface area contributed by atoms with E-state index >= 15 is 9.59 Å². The van der Waals surface area contributed by atoms with Crippen LogP contribution in [-0.2, 0) is 101 Å². The number of aliphatic hydroxyl groups excluding tert-OH is 1. The van der Waals surface area contributed by atoms with Crippen molar-refractivity contribution >= 4 is 118 Å². The van der Waals surface area contributed by atoms with Gasteiger partial charge in [-0.05, 0) is 118 Å². The van der Waals surface area contributed by atoms with Gasteiger partial charge in [-0.2, -0.15) is 0 Å². The van der Waals surface area contributed by atoms with E-state index in [0.29, 0.717) is 12.8 Å². The van der Waals surface area contributed by atoms with E-state index in [1.807, 2.05) is 0 Å². The topological polar surface area (TPSA) is 665 Å². The molecule has 0 aliphatic carbocycles. The highest BCUT2D eigenvalue weighted by molar-refractivity contribution is 6.01. The quantitative estimate of drug-likeness (QED) is 0.0234. The average Bonchev–Trinajstić information content (AvgIpc) is 1.01. The van der Waals surface area contributed by atoms with Crippen molar-refractivity contribution in [3.8, 4) is 0 Å². The highest BCUT2D eigenvalue weighted by Gasteiger charge is 2.41. The molecule has 1 heterocycles. The van der Waals surface area contributed by atoms with Crippen LogP contribution in [0.3, 0.4) is 0 Å². The smallest absolute Gasteiger partial charge is 0.328 e. The maximum Gasteiger partial charge on any atom is 0.328 e. The molecule has 0 aromatic rings. The SMILES string of the molecule is CCCCCCCC(O)CC(=O)NC(CC(C)C)C(=O)NC(CCC(=O)O)C(=O)NCC(CCC(N)=O)C(=O)NC(C(=O)NC(CC(C)C)C(=O)NC(CCC(N)=O)C(=O)NC1COC(=O)C(CC(C)C)NC(=O)C(CCC(N)=O)NC(=O)C(CC(C)C)NC(=O)C(CCC([NH3+])=O)NC(=O)C(CC(C)C)NC(=O)C(C(C)C)NC(=O)C(C(C)C)NC1=O)C(C)C. The van der Waals surface area contributed by atoms with Gasteiger partial charge in [-0.3, -0.25) is 92.0 Å². The van der Waals surface area contributed by atoms with Crippen molar-refractivity contribution < 1.29 is 117 Å². The summed E-state index contributed by atoms with van der Waals surface area (Å²) in [4.78, 5) is 279. The Hall–Kier alpha value is -10.5. The third-order valence-electron chi connectivity index (χ3n) is 20.4. The minimum absolute atomic E-state index is 0.0546. The first-order valence-electron chi connectivity index (χ1n) is 43.7. The van der Waals surface area contributed by atoms with E-state index in [-0.39, 0.29) is 75.5 Å². The third-order valence-corrected chi connectivity index (χ3v) is 20.4. The van der Waals surface area contributed by atoms with Crippen molar-refractivity contribution in [2.45, 2.75) is 344 Å². The minimum Gasteiger partial charge on any atom is -0.481 e. The molecule has 1 fully saturated rings. The summed E-state index contributed by atoms with van der Waals surface area (Å²) in [6.45, 7) is 26.6. The van der Waals surface area contributed by atoms with Gasteiger partial charge in [0.25, 0.3) is 0 Å². The Kier molecular flexibility index (Phi) is 52.1. The number of quaternary nitrogens is 1. The van der Waals surface area contributed by atoms with Crippen molar-refractivity contribution in [2.75, 3.05) is 13.2 Å². The number of carbonyl (C=O) groups is 20. The Labute approximate surface area is 733 Å². The van der Waals surface area contributed by atoms with Gasteiger partial charge in [0.05, 0.1) is 24.9 Å². The van der Waals surface area contributed by atoms with Gasteiger partial charge in [-0.25, -0.2) is 9.59 Å². The summed E-state index contributed by atoms with van der Waals surface area (Å²) < 4.78 is 5.77. The fourth-order valence-electron chi connectivity index (χ4n) is 13.5. The molecule has 0 bridgehead atoms. The van der Waals surface area contributed by atoms with Gasteiger partial charge in [-0.15, -0.1) is 0 Å². The van der Waals surface area contributed by atoms with Gasteiger partial charge < -0.3 is 107 Å². The van der Waals surface area contributed by atoms with Gasteiger partial charge in [-0.1, -0.05) is 150 Å². The number of carboxylic acid groups (broad SMARTS) is 1. The summed E-state index contributed by atoms with van der Waals surface area (Å²) in [6.07, 6.45) is -1.66. The van der Waals surface area contributed by atoms with Crippen molar-refractivity contribution in [2.24, 2.45) is 70.5 Å². The summed E-state index contributed by atoms with van der Waals surface area (Å²) in [5, 5.41) is 56.2. The molecule has 710 valence electrons. The normalized spacial score (nSPS) is 20.4. The number of nitrogens with two attached hydrogens (primary N) is 3. The number of hydrogen-bond acceptors (Lipinski definition) is 22. The second-order valence-electron chi connectivity index (χ2n) is 35.7. The number of amides is 18. The molecule has 1 saturated heterocycles. The molecular weight excluding hydrogens is 1630 g/mol. The van der Waals surface area contributed by atoms with Crippen molar-refractivity contribution in [1.29, 1.82) is 0 Å². The molecule has 0 spiro atoms. The van der Waals surface area contributed by atoms with E-state index < -0.39 is 297 Å². The molecule has 25 N–H and O–H groups in total. The number of primary amides is 3.